The summed E-state index contributed by atoms with van der Waals surface area (Å²) in [7, 11) is -9.92. The van der Waals surface area contributed by atoms with Gasteiger partial charge in [0.05, 0.1) is 26.4 Å². The molecule has 0 amide bonds. The minimum atomic E-state index is -4.96. The van der Waals surface area contributed by atoms with Crippen molar-refractivity contribution in [1.82, 2.24) is 0 Å². The van der Waals surface area contributed by atoms with Crippen LogP contribution in [0.5, 0.6) is 0 Å². The van der Waals surface area contributed by atoms with Gasteiger partial charge in [-0.15, -0.1) is 0 Å². The molecule has 0 heterocycles. The topological polar surface area (TPSA) is 237 Å². The molecule has 3 N–H and O–H groups in total. The average molecular weight is 1490 g/mol. The summed E-state index contributed by atoms with van der Waals surface area (Å²) in [5, 5.41) is 10.7. The van der Waals surface area contributed by atoms with Crippen molar-refractivity contribution in [3.63, 3.8) is 0 Å². The fraction of sp³-hybridized carbons (Fsp3) is 0.952. The normalized spacial score (nSPS) is 13.8. The highest BCUT2D eigenvalue weighted by molar-refractivity contribution is 7.47. The number of aliphatic hydroxyl groups is 1. The molecular formula is C83H162O17P2. The number of phosphoric ester groups is 2. The molecule has 5 atom stereocenters. The first-order valence-corrected chi connectivity index (χ1v) is 46.1. The van der Waals surface area contributed by atoms with Crippen molar-refractivity contribution in [2.45, 2.75) is 464 Å². The van der Waals surface area contributed by atoms with Gasteiger partial charge in [-0.3, -0.25) is 37.3 Å². The Balaban J connectivity index is 5.23. The number of ether oxygens (including phenoxy) is 4. The molecular weight excluding hydrogens is 1330 g/mol. The largest absolute Gasteiger partial charge is 0.472 e. The smallest absolute Gasteiger partial charge is 0.462 e. The third kappa shape index (κ3) is 76.3. The Hall–Kier alpha value is -1.94. The van der Waals surface area contributed by atoms with Gasteiger partial charge in [0, 0.05) is 25.7 Å². The van der Waals surface area contributed by atoms with E-state index in [2.05, 4.69) is 34.6 Å². The van der Waals surface area contributed by atoms with E-state index in [-0.39, 0.29) is 25.7 Å². The highest BCUT2D eigenvalue weighted by Crippen LogP contribution is 2.45. The molecule has 0 radical (unpaired) electrons. The number of rotatable bonds is 83. The summed E-state index contributed by atoms with van der Waals surface area (Å²) in [6.45, 7) is 7.36. The maximum absolute atomic E-state index is 13.1. The number of hydrogen-bond donors (Lipinski definition) is 3. The number of phosphoric acid groups is 2. The van der Waals surface area contributed by atoms with Crippen LogP contribution in [0.3, 0.4) is 0 Å². The lowest BCUT2D eigenvalue weighted by Crippen LogP contribution is -2.30. The Morgan fingerprint density at radius 1 is 0.265 bits per heavy atom. The van der Waals surface area contributed by atoms with Crippen molar-refractivity contribution in [3.8, 4) is 0 Å². The van der Waals surface area contributed by atoms with Gasteiger partial charge in [0.1, 0.15) is 19.3 Å². The molecule has 102 heavy (non-hydrogen) atoms. The van der Waals surface area contributed by atoms with Gasteiger partial charge in [-0.1, -0.05) is 394 Å². The summed E-state index contributed by atoms with van der Waals surface area (Å²) < 4.78 is 68.8. The van der Waals surface area contributed by atoms with Crippen molar-refractivity contribution in [1.29, 1.82) is 0 Å². The van der Waals surface area contributed by atoms with E-state index in [0.717, 1.165) is 95.8 Å². The van der Waals surface area contributed by atoms with Crippen molar-refractivity contribution < 1.29 is 80.2 Å². The van der Waals surface area contributed by atoms with Crippen LogP contribution in [0.2, 0.25) is 0 Å². The SMILES string of the molecule is CCCCCCCCCCCCCCCCCCCCCCC(=O)O[C@H](COC(=O)CCCCCCCCCCCCCCCC(C)C)COP(=O)(O)OC[C@@H](O)COP(=O)(O)OC[C@@H](COC(=O)CCCCCCCCCCCC)OC(=O)CCCCCCCCCCCCCCCCCC. The van der Waals surface area contributed by atoms with Gasteiger partial charge in [0.25, 0.3) is 0 Å². The van der Waals surface area contributed by atoms with E-state index in [1.165, 1.54) is 270 Å². The van der Waals surface area contributed by atoms with Gasteiger partial charge < -0.3 is 33.8 Å². The van der Waals surface area contributed by atoms with Crippen molar-refractivity contribution in [3.05, 3.63) is 0 Å². The van der Waals surface area contributed by atoms with Crippen LogP contribution < -0.4 is 0 Å². The first kappa shape index (κ1) is 100. The number of aliphatic hydroxyl groups excluding tert-OH is 1. The zero-order valence-electron chi connectivity index (χ0n) is 66.8. The maximum atomic E-state index is 13.1. The first-order valence-electron chi connectivity index (χ1n) is 43.1. The maximum Gasteiger partial charge on any atom is 0.472 e. The second-order valence-electron chi connectivity index (χ2n) is 30.3. The summed E-state index contributed by atoms with van der Waals surface area (Å²) in [5.41, 5.74) is 0. The van der Waals surface area contributed by atoms with Gasteiger partial charge in [-0.05, 0) is 31.6 Å². The van der Waals surface area contributed by atoms with E-state index in [9.17, 15) is 43.2 Å². The molecule has 17 nitrogen and oxygen atoms in total. The molecule has 0 saturated carbocycles. The summed E-state index contributed by atoms with van der Waals surface area (Å²) in [6, 6.07) is 0. The standard InChI is InChI=1S/C83H162O17P2/c1-6-9-12-15-18-21-24-26-28-30-31-32-33-35-39-44-49-54-59-64-69-83(88)100-79(73-94-81(86)67-62-57-52-47-42-40-36-37-41-45-50-55-60-65-76(4)5)75-98-102(91,92)96-71-77(84)70-95-101(89,90)97-74-78(72-93-80(85)66-61-56-51-46-23-20-17-14-11-8-3)99-82(87)68-63-58-53-48-43-38-34-29-27-25-22-19-16-13-10-7-2/h76-79,84H,6-75H2,1-5H3,(H,89,90)(H,91,92)/t77-,78+,79+/m0/s1. The molecule has 0 aliphatic rings. The highest BCUT2D eigenvalue weighted by Gasteiger charge is 2.30. The molecule has 0 fully saturated rings. The highest BCUT2D eigenvalue weighted by atomic mass is 31.2. The molecule has 0 aromatic carbocycles. The summed E-state index contributed by atoms with van der Waals surface area (Å²) in [6.07, 6.45) is 67.9. The van der Waals surface area contributed by atoms with Crippen LogP contribution in [0.15, 0.2) is 0 Å². The van der Waals surface area contributed by atoms with Crippen LogP contribution in [-0.2, 0) is 65.4 Å². The van der Waals surface area contributed by atoms with Crippen LogP contribution in [0.25, 0.3) is 0 Å². The molecule has 0 bridgehead atoms. The second-order valence-corrected chi connectivity index (χ2v) is 33.3. The Kier molecular flexibility index (Phi) is 74.4. The van der Waals surface area contributed by atoms with Crippen LogP contribution in [0.1, 0.15) is 446 Å². The minimum Gasteiger partial charge on any atom is -0.462 e. The molecule has 0 aliphatic heterocycles. The van der Waals surface area contributed by atoms with E-state index in [4.69, 9.17) is 37.0 Å². The van der Waals surface area contributed by atoms with Gasteiger partial charge in [-0.25, -0.2) is 9.13 Å². The van der Waals surface area contributed by atoms with Gasteiger partial charge in [0.15, 0.2) is 12.2 Å². The van der Waals surface area contributed by atoms with Gasteiger partial charge in [-0.2, -0.15) is 0 Å². The third-order valence-corrected chi connectivity index (χ3v) is 21.4. The van der Waals surface area contributed by atoms with Gasteiger partial charge >= 0.3 is 39.5 Å². The molecule has 19 heteroatoms. The van der Waals surface area contributed by atoms with E-state index >= 15 is 0 Å². The van der Waals surface area contributed by atoms with Crippen LogP contribution in [0, 0.1) is 5.92 Å². The van der Waals surface area contributed by atoms with E-state index in [1.807, 2.05) is 0 Å². The number of carbonyl (C=O) groups is 4. The lowest BCUT2D eigenvalue weighted by Gasteiger charge is -2.21. The predicted molar refractivity (Wildman–Crippen MR) is 418 cm³/mol. The van der Waals surface area contributed by atoms with Crippen molar-refractivity contribution in [2.75, 3.05) is 39.6 Å². The molecule has 0 aliphatic carbocycles. The van der Waals surface area contributed by atoms with Crippen LogP contribution >= 0.6 is 15.6 Å². The van der Waals surface area contributed by atoms with E-state index in [1.54, 1.807) is 0 Å². The fourth-order valence-corrected chi connectivity index (χ4v) is 14.5. The van der Waals surface area contributed by atoms with Crippen LogP contribution in [0.4, 0.5) is 0 Å². The second kappa shape index (κ2) is 75.9. The average Bonchev–Trinajstić information content (AvgIpc) is 0.917. The lowest BCUT2D eigenvalue weighted by atomic mass is 10.0. The minimum absolute atomic E-state index is 0.109. The zero-order chi connectivity index (χ0) is 74.8. The number of esters is 4. The molecule has 0 aromatic heterocycles. The molecule has 0 spiro atoms. The Labute approximate surface area is 626 Å². The van der Waals surface area contributed by atoms with E-state index in [0.29, 0.717) is 25.7 Å². The fourth-order valence-electron chi connectivity index (χ4n) is 12.9. The Morgan fingerprint density at radius 3 is 0.667 bits per heavy atom. The van der Waals surface area contributed by atoms with Crippen LogP contribution in [-0.4, -0.2) is 96.7 Å². The zero-order valence-corrected chi connectivity index (χ0v) is 68.5. The Morgan fingerprint density at radius 2 is 0.451 bits per heavy atom. The van der Waals surface area contributed by atoms with Crippen molar-refractivity contribution in [2.24, 2.45) is 5.92 Å². The molecule has 606 valence electrons. The third-order valence-electron chi connectivity index (χ3n) is 19.5. The number of hydrogen-bond acceptors (Lipinski definition) is 15. The van der Waals surface area contributed by atoms with Crippen molar-refractivity contribution >= 4 is 39.5 Å². The summed E-state index contributed by atoms with van der Waals surface area (Å²) >= 11 is 0. The summed E-state index contributed by atoms with van der Waals surface area (Å²) in [4.78, 5) is 73.1. The molecule has 0 rings (SSSR count). The number of unbranched alkanes of at least 4 members (excludes halogenated alkanes) is 55. The Bertz CT molecular complexity index is 1940. The molecule has 0 aromatic rings. The van der Waals surface area contributed by atoms with Gasteiger partial charge in [0.2, 0.25) is 0 Å². The predicted octanol–water partition coefficient (Wildman–Crippen LogP) is 25.2. The quantitative estimate of drug-likeness (QED) is 0.0222. The molecule has 0 saturated heterocycles. The first-order chi connectivity index (χ1) is 49.5. The summed E-state index contributed by atoms with van der Waals surface area (Å²) in [5.74, 6) is -1.31. The monoisotopic (exact) mass is 1490 g/mol. The van der Waals surface area contributed by atoms with E-state index < -0.39 is 97.5 Å². The number of carbonyl (C=O) groups excluding carboxylic acids is 4. The molecule has 2 unspecified atom stereocenters. The lowest BCUT2D eigenvalue weighted by molar-refractivity contribution is -0.161.